The molecule has 1 aliphatic rings. The molecule has 2 atom stereocenters. The van der Waals surface area contributed by atoms with Crippen molar-refractivity contribution in [3.8, 4) is 0 Å². The fourth-order valence-corrected chi connectivity index (χ4v) is 2.82. The van der Waals surface area contributed by atoms with Crippen molar-refractivity contribution in [1.29, 1.82) is 0 Å². The number of piperidine rings is 1. The van der Waals surface area contributed by atoms with E-state index in [1.165, 1.54) is 0 Å². The summed E-state index contributed by atoms with van der Waals surface area (Å²) in [5, 5.41) is 20.7. The normalized spacial score (nSPS) is 21.2. The minimum absolute atomic E-state index is 0.153. The standard InChI is InChI=1S/C14H20N2O3/c1-11(17)10-12-6-4-5-9-15(12)13-7-2-3-8-14(13)16(18)19/h2-3,7-8,11-12,17H,4-6,9-10H2,1H3/t11-,12-/m0/s1. The van der Waals surface area contributed by atoms with Gasteiger partial charge in [0.05, 0.1) is 11.0 Å². The van der Waals surface area contributed by atoms with Crippen molar-refractivity contribution in [1.82, 2.24) is 0 Å². The van der Waals surface area contributed by atoms with Crippen molar-refractivity contribution in [3.63, 3.8) is 0 Å². The fourth-order valence-electron chi connectivity index (χ4n) is 2.82. The summed E-state index contributed by atoms with van der Waals surface area (Å²) in [6.45, 7) is 2.59. The average Bonchev–Trinajstić information content (AvgIpc) is 2.38. The number of nitrogens with zero attached hydrogens (tertiary/aromatic N) is 2. The van der Waals surface area contributed by atoms with E-state index in [1.54, 1.807) is 25.1 Å². The number of nitro benzene ring substituents is 1. The minimum Gasteiger partial charge on any atom is -0.393 e. The molecule has 0 aromatic heterocycles. The Bertz CT molecular complexity index is 448. The van der Waals surface area contributed by atoms with E-state index in [0.29, 0.717) is 12.1 Å². The summed E-state index contributed by atoms with van der Waals surface area (Å²) in [5.41, 5.74) is 0.831. The molecule has 1 saturated heterocycles. The van der Waals surface area contributed by atoms with Crippen molar-refractivity contribution in [3.05, 3.63) is 34.4 Å². The Morgan fingerprint density at radius 3 is 2.89 bits per heavy atom. The van der Waals surface area contributed by atoms with Crippen LogP contribution in [0.2, 0.25) is 0 Å². The van der Waals surface area contributed by atoms with Crippen LogP contribution in [0, 0.1) is 10.1 Å². The number of rotatable bonds is 4. The molecule has 0 unspecified atom stereocenters. The van der Waals surface area contributed by atoms with Crippen LogP contribution in [0.1, 0.15) is 32.6 Å². The molecule has 5 nitrogen and oxygen atoms in total. The van der Waals surface area contributed by atoms with Crippen LogP contribution in [-0.4, -0.2) is 28.7 Å². The molecule has 1 N–H and O–H groups in total. The lowest BCUT2D eigenvalue weighted by Crippen LogP contribution is -2.41. The van der Waals surface area contributed by atoms with Gasteiger partial charge in [-0.05, 0) is 38.7 Å². The maximum absolute atomic E-state index is 11.1. The first-order chi connectivity index (χ1) is 9.09. The Hall–Kier alpha value is -1.62. The van der Waals surface area contributed by atoms with E-state index in [1.807, 2.05) is 6.07 Å². The summed E-state index contributed by atoms with van der Waals surface area (Å²) in [5.74, 6) is 0. The van der Waals surface area contributed by atoms with E-state index < -0.39 is 0 Å². The maximum atomic E-state index is 11.1. The summed E-state index contributed by atoms with van der Waals surface area (Å²) >= 11 is 0. The largest absolute Gasteiger partial charge is 0.393 e. The molecule has 5 heteroatoms. The molecule has 1 aromatic carbocycles. The molecule has 0 bridgehead atoms. The van der Waals surface area contributed by atoms with Crippen LogP contribution in [-0.2, 0) is 0 Å². The van der Waals surface area contributed by atoms with Gasteiger partial charge in [0, 0.05) is 18.7 Å². The number of anilines is 1. The van der Waals surface area contributed by atoms with E-state index in [0.717, 1.165) is 25.8 Å². The first-order valence-electron chi connectivity index (χ1n) is 6.77. The maximum Gasteiger partial charge on any atom is 0.292 e. The number of hydrogen-bond donors (Lipinski definition) is 1. The van der Waals surface area contributed by atoms with Crippen LogP contribution in [0.5, 0.6) is 0 Å². The molecule has 1 fully saturated rings. The average molecular weight is 264 g/mol. The van der Waals surface area contributed by atoms with Gasteiger partial charge in [0.2, 0.25) is 0 Å². The van der Waals surface area contributed by atoms with Gasteiger partial charge >= 0.3 is 0 Å². The molecule has 0 aliphatic carbocycles. The smallest absolute Gasteiger partial charge is 0.292 e. The van der Waals surface area contributed by atoms with Gasteiger partial charge < -0.3 is 10.0 Å². The second-order valence-corrected chi connectivity index (χ2v) is 5.17. The first-order valence-corrected chi connectivity index (χ1v) is 6.77. The van der Waals surface area contributed by atoms with E-state index in [-0.39, 0.29) is 22.8 Å². The van der Waals surface area contributed by atoms with Crippen molar-refractivity contribution >= 4 is 11.4 Å². The van der Waals surface area contributed by atoms with Crippen LogP contribution in [0.3, 0.4) is 0 Å². The van der Waals surface area contributed by atoms with Crippen LogP contribution < -0.4 is 4.90 Å². The van der Waals surface area contributed by atoms with Crippen molar-refractivity contribution in [2.24, 2.45) is 0 Å². The molecule has 0 spiro atoms. The number of aliphatic hydroxyl groups excluding tert-OH is 1. The van der Waals surface area contributed by atoms with Gasteiger partial charge in [0.1, 0.15) is 5.69 Å². The topological polar surface area (TPSA) is 66.6 Å². The zero-order valence-electron chi connectivity index (χ0n) is 11.2. The quantitative estimate of drug-likeness (QED) is 0.670. The number of benzene rings is 1. The minimum atomic E-state index is -0.381. The number of aliphatic hydroxyl groups is 1. The predicted molar refractivity (Wildman–Crippen MR) is 74.4 cm³/mol. The van der Waals surface area contributed by atoms with Gasteiger partial charge in [0.15, 0.2) is 0 Å². The molecule has 1 aromatic rings. The highest BCUT2D eigenvalue weighted by Crippen LogP contribution is 2.33. The summed E-state index contributed by atoms with van der Waals surface area (Å²) in [4.78, 5) is 12.9. The summed E-state index contributed by atoms with van der Waals surface area (Å²) < 4.78 is 0. The summed E-state index contributed by atoms with van der Waals surface area (Å²) in [7, 11) is 0. The highest BCUT2D eigenvalue weighted by Gasteiger charge is 2.28. The van der Waals surface area contributed by atoms with Crippen molar-refractivity contribution in [2.75, 3.05) is 11.4 Å². The van der Waals surface area contributed by atoms with E-state index in [2.05, 4.69) is 4.90 Å². The predicted octanol–water partition coefficient (Wildman–Crippen LogP) is 2.72. The van der Waals surface area contributed by atoms with Crippen LogP contribution >= 0.6 is 0 Å². The molecule has 2 rings (SSSR count). The molecule has 19 heavy (non-hydrogen) atoms. The first kappa shape index (κ1) is 13.8. The van der Waals surface area contributed by atoms with Gasteiger partial charge in [-0.2, -0.15) is 0 Å². The van der Waals surface area contributed by atoms with Gasteiger partial charge in [-0.25, -0.2) is 0 Å². The second-order valence-electron chi connectivity index (χ2n) is 5.17. The molecule has 0 amide bonds. The Kier molecular flexibility index (Phi) is 4.37. The SMILES string of the molecule is C[C@H](O)C[C@@H]1CCCCN1c1ccccc1[N+](=O)[O-]. The van der Waals surface area contributed by atoms with E-state index in [4.69, 9.17) is 0 Å². The molecule has 1 heterocycles. The molecular formula is C14H20N2O3. The Labute approximate surface area is 113 Å². The Morgan fingerprint density at radius 2 is 2.21 bits per heavy atom. The Balaban J connectivity index is 2.29. The van der Waals surface area contributed by atoms with Gasteiger partial charge in [0.25, 0.3) is 5.69 Å². The third-order valence-corrected chi connectivity index (χ3v) is 3.63. The van der Waals surface area contributed by atoms with Gasteiger partial charge in [-0.15, -0.1) is 0 Å². The Morgan fingerprint density at radius 1 is 1.47 bits per heavy atom. The lowest BCUT2D eigenvalue weighted by atomic mass is 9.96. The lowest BCUT2D eigenvalue weighted by molar-refractivity contribution is -0.384. The van der Waals surface area contributed by atoms with Crippen molar-refractivity contribution in [2.45, 2.75) is 44.8 Å². The fraction of sp³-hybridized carbons (Fsp3) is 0.571. The molecular weight excluding hydrogens is 244 g/mol. The molecule has 104 valence electrons. The van der Waals surface area contributed by atoms with Crippen molar-refractivity contribution < 1.29 is 10.0 Å². The van der Waals surface area contributed by atoms with Crippen LogP contribution in [0.25, 0.3) is 0 Å². The lowest BCUT2D eigenvalue weighted by Gasteiger charge is -2.37. The number of hydrogen-bond acceptors (Lipinski definition) is 4. The second kappa shape index (κ2) is 6.02. The van der Waals surface area contributed by atoms with E-state index >= 15 is 0 Å². The van der Waals surface area contributed by atoms with Crippen LogP contribution in [0.15, 0.2) is 24.3 Å². The molecule has 0 saturated carbocycles. The van der Waals surface area contributed by atoms with Crippen LogP contribution in [0.4, 0.5) is 11.4 Å². The summed E-state index contributed by atoms with van der Waals surface area (Å²) in [6, 6.07) is 7.06. The number of para-hydroxylation sites is 2. The highest BCUT2D eigenvalue weighted by molar-refractivity contribution is 5.63. The third-order valence-electron chi connectivity index (χ3n) is 3.63. The monoisotopic (exact) mass is 264 g/mol. The van der Waals surface area contributed by atoms with Gasteiger partial charge in [-0.1, -0.05) is 12.1 Å². The summed E-state index contributed by atoms with van der Waals surface area (Å²) in [6.07, 6.45) is 3.42. The molecule has 1 aliphatic heterocycles. The van der Waals surface area contributed by atoms with E-state index in [9.17, 15) is 15.2 Å². The zero-order chi connectivity index (χ0) is 13.8. The number of nitro groups is 1. The zero-order valence-corrected chi connectivity index (χ0v) is 11.2. The highest BCUT2D eigenvalue weighted by atomic mass is 16.6. The van der Waals surface area contributed by atoms with Gasteiger partial charge in [-0.3, -0.25) is 10.1 Å². The molecule has 0 radical (unpaired) electrons. The third kappa shape index (κ3) is 3.23.